The fourth-order valence-corrected chi connectivity index (χ4v) is 6.69. The second-order valence-electron chi connectivity index (χ2n) is 15.7. The number of hydrogen-bond donors (Lipinski definition) is 1. The smallest absolute Gasteiger partial charge is 0.414 e. The van der Waals surface area contributed by atoms with Gasteiger partial charge in [-0.3, -0.25) is 4.90 Å². The summed E-state index contributed by atoms with van der Waals surface area (Å²) < 4.78 is 24.3. The van der Waals surface area contributed by atoms with Crippen LogP contribution in [0.15, 0.2) is 30.6 Å². The third kappa shape index (κ3) is 8.20. The Morgan fingerprint density at radius 3 is 2.59 bits per heavy atom. The number of hydrogen-bond acceptors (Lipinski definition) is 11. The van der Waals surface area contributed by atoms with Crippen LogP contribution in [0.2, 0.25) is 18.1 Å². The van der Waals surface area contributed by atoms with Crippen LogP contribution >= 0.6 is 0 Å². The van der Waals surface area contributed by atoms with E-state index in [4.69, 9.17) is 23.6 Å². The van der Waals surface area contributed by atoms with Gasteiger partial charge in [0.05, 0.1) is 29.2 Å². The van der Waals surface area contributed by atoms with E-state index in [1.165, 1.54) is 0 Å². The zero-order chi connectivity index (χ0) is 35.8. The van der Waals surface area contributed by atoms with Crippen LogP contribution in [-0.4, -0.2) is 72.4 Å². The van der Waals surface area contributed by atoms with Crippen molar-refractivity contribution in [3.63, 3.8) is 0 Å². The molecular weight excluding hydrogens is 639 g/mol. The van der Waals surface area contributed by atoms with Crippen molar-refractivity contribution in [3.05, 3.63) is 47.5 Å². The van der Waals surface area contributed by atoms with Crippen LogP contribution < -0.4 is 15.0 Å². The molecule has 2 aromatic heterocycles. The lowest BCUT2D eigenvalue weighted by atomic mass is 9.83. The Bertz CT molecular complexity index is 1740. The lowest BCUT2D eigenvalue weighted by Gasteiger charge is -2.39. The first-order valence-corrected chi connectivity index (χ1v) is 19.7. The topological polar surface area (TPSA) is 145 Å². The minimum atomic E-state index is -2.15. The quantitative estimate of drug-likeness (QED) is 0.224. The summed E-state index contributed by atoms with van der Waals surface area (Å²) in [6.07, 6.45) is 4.78. The minimum Gasteiger partial charge on any atom is -0.473 e. The van der Waals surface area contributed by atoms with Crippen LogP contribution in [0.4, 0.5) is 22.1 Å². The first kappa shape index (κ1) is 36.2. The first-order chi connectivity index (χ1) is 22.9. The maximum Gasteiger partial charge on any atom is 0.414 e. The number of carbonyl (C=O) groups is 1. The van der Waals surface area contributed by atoms with E-state index in [1.54, 1.807) is 36.4 Å². The molecule has 2 aliphatic rings. The second-order valence-corrected chi connectivity index (χ2v) is 20.5. The molecule has 12 nitrogen and oxygen atoms in total. The molecule has 49 heavy (non-hydrogen) atoms. The molecule has 262 valence electrons. The van der Waals surface area contributed by atoms with Crippen LogP contribution in [0.3, 0.4) is 0 Å². The molecule has 1 aromatic carbocycles. The molecular formula is C36H49N7O5Si. The molecule has 1 N–H and O–H groups in total. The van der Waals surface area contributed by atoms with Crippen molar-refractivity contribution in [1.29, 1.82) is 5.26 Å². The number of benzene rings is 1. The summed E-state index contributed by atoms with van der Waals surface area (Å²) in [5.74, 6) is 1.28. The Hall–Kier alpha value is -4.12. The van der Waals surface area contributed by atoms with Gasteiger partial charge < -0.3 is 24.0 Å². The fourth-order valence-electron chi connectivity index (χ4n) is 5.58. The molecule has 1 saturated heterocycles. The lowest BCUT2D eigenvalue weighted by Crippen LogP contribution is -2.46. The Labute approximate surface area is 290 Å². The van der Waals surface area contributed by atoms with Crippen molar-refractivity contribution in [1.82, 2.24) is 19.9 Å². The molecule has 13 heteroatoms. The molecule has 5 rings (SSSR count). The van der Waals surface area contributed by atoms with E-state index < -0.39 is 25.4 Å². The minimum absolute atomic E-state index is 0.00263. The van der Waals surface area contributed by atoms with Gasteiger partial charge in [-0.15, -0.1) is 0 Å². The molecule has 0 bridgehead atoms. The van der Waals surface area contributed by atoms with Gasteiger partial charge in [-0.1, -0.05) is 27.7 Å². The molecule has 4 heterocycles. The highest BCUT2D eigenvalue weighted by molar-refractivity contribution is 6.74. The van der Waals surface area contributed by atoms with Gasteiger partial charge in [0, 0.05) is 36.9 Å². The zero-order valence-electron chi connectivity index (χ0n) is 30.4. The highest BCUT2D eigenvalue weighted by Crippen LogP contribution is 2.47. The van der Waals surface area contributed by atoms with Gasteiger partial charge in [-0.2, -0.15) is 10.2 Å². The number of carbonyl (C=O) groups excluding carboxylic acids is 1. The number of nitriles is 1. The van der Waals surface area contributed by atoms with Crippen molar-refractivity contribution >= 4 is 31.7 Å². The summed E-state index contributed by atoms with van der Waals surface area (Å²) in [5, 5.41) is 13.6. The average Bonchev–Trinajstić information content (AvgIpc) is 3.65. The van der Waals surface area contributed by atoms with Gasteiger partial charge in [0.2, 0.25) is 11.8 Å². The monoisotopic (exact) mass is 687 g/mol. The summed E-state index contributed by atoms with van der Waals surface area (Å²) in [6.45, 7) is 22.2. The summed E-state index contributed by atoms with van der Waals surface area (Å²) in [5.41, 5.74) is 2.22. The third-order valence-corrected chi connectivity index (χ3v) is 13.8. The molecule has 0 radical (unpaired) electrons. The molecule has 1 fully saturated rings. The average molecular weight is 688 g/mol. The van der Waals surface area contributed by atoms with Crippen molar-refractivity contribution in [2.75, 3.05) is 36.6 Å². The zero-order valence-corrected chi connectivity index (χ0v) is 31.4. The predicted molar refractivity (Wildman–Crippen MR) is 191 cm³/mol. The molecule has 3 aromatic rings. The molecule has 2 atom stereocenters. The highest BCUT2D eigenvalue weighted by atomic mass is 28.4. The van der Waals surface area contributed by atoms with Gasteiger partial charge >= 0.3 is 6.09 Å². The summed E-state index contributed by atoms with van der Waals surface area (Å²) in [4.78, 5) is 33.3. The summed E-state index contributed by atoms with van der Waals surface area (Å²) >= 11 is 0. The van der Waals surface area contributed by atoms with Crippen LogP contribution in [0, 0.1) is 18.3 Å². The van der Waals surface area contributed by atoms with Crippen molar-refractivity contribution in [3.8, 4) is 23.2 Å². The van der Waals surface area contributed by atoms with Crippen LogP contribution in [0.25, 0.3) is 11.3 Å². The van der Waals surface area contributed by atoms with Crippen molar-refractivity contribution in [2.24, 2.45) is 0 Å². The van der Waals surface area contributed by atoms with E-state index in [1.807, 2.05) is 26.8 Å². The molecule has 0 aliphatic carbocycles. The van der Waals surface area contributed by atoms with Crippen LogP contribution in [-0.2, 0) is 19.3 Å². The van der Waals surface area contributed by atoms with E-state index in [-0.39, 0.29) is 11.1 Å². The van der Waals surface area contributed by atoms with Crippen LogP contribution in [0.5, 0.6) is 5.88 Å². The third-order valence-electron chi connectivity index (χ3n) is 9.33. The lowest BCUT2D eigenvalue weighted by molar-refractivity contribution is 0.0575. The molecule has 1 unspecified atom stereocenters. The SMILES string of the molecule is Cc1ncc(Nc2nccc(-c3cc(C#N)c4c(c3)[C@@](C)(CO[Si](C)(C)C(C)(C)C)CN4C(=O)OC(C)(C)C)n2)c(OCC2CCCO2)n1. The number of ether oxygens (including phenoxy) is 3. The van der Waals surface area contributed by atoms with E-state index in [2.05, 4.69) is 67.1 Å². The second kappa shape index (κ2) is 13.6. The van der Waals surface area contributed by atoms with Crippen molar-refractivity contribution in [2.45, 2.75) is 103 Å². The van der Waals surface area contributed by atoms with Gasteiger partial charge in [0.25, 0.3) is 0 Å². The van der Waals surface area contributed by atoms with Gasteiger partial charge in [-0.25, -0.2) is 19.7 Å². The maximum atomic E-state index is 13.6. The Balaban J connectivity index is 1.51. The first-order valence-electron chi connectivity index (χ1n) is 16.8. The van der Waals surface area contributed by atoms with E-state index >= 15 is 0 Å². The maximum absolute atomic E-state index is 13.6. The molecule has 0 spiro atoms. The fraction of sp³-hybridized carbons (Fsp3) is 0.556. The number of anilines is 3. The number of aryl methyl sites for hydroxylation is 1. The van der Waals surface area contributed by atoms with E-state index in [0.29, 0.717) is 65.6 Å². The number of amides is 1. The Kier molecular flexibility index (Phi) is 10.1. The molecule has 2 aliphatic heterocycles. The van der Waals surface area contributed by atoms with E-state index in [9.17, 15) is 10.1 Å². The normalized spacial score (nSPS) is 19.4. The number of fused-ring (bicyclic) bond motifs is 1. The number of nitrogens with one attached hydrogen (secondary N) is 1. The standard InChI is InChI=1S/C36H49N7O5Si/c1-23-39-19-29(31(40-23)46-20-26-12-11-15-45-26)42-32-38-14-13-28(41-32)24-16-25(18-37)30-27(17-24)36(8,22-47-49(9,10)35(5,6)7)21-43(30)33(44)48-34(2,3)4/h13-14,16-17,19,26H,11-12,15,20-22H2,1-10H3,(H,38,41,42)/t26?,36-/m1/s1. The number of aromatic nitrogens is 4. The number of nitrogens with zero attached hydrogens (tertiary/aromatic N) is 6. The van der Waals surface area contributed by atoms with Gasteiger partial charge in [0.1, 0.15) is 29.8 Å². The van der Waals surface area contributed by atoms with Gasteiger partial charge in [-0.05, 0) is 82.4 Å². The van der Waals surface area contributed by atoms with Crippen LogP contribution in [0.1, 0.15) is 78.3 Å². The predicted octanol–water partition coefficient (Wildman–Crippen LogP) is 7.45. The molecule has 1 amide bonds. The van der Waals surface area contributed by atoms with Gasteiger partial charge in [0.15, 0.2) is 8.32 Å². The number of rotatable bonds is 9. The van der Waals surface area contributed by atoms with E-state index in [0.717, 1.165) is 25.0 Å². The summed E-state index contributed by atoms with van der Waals surface area (Å²) in [6, 6.07) is 7.89. The Morgan fingerprint density at radius 2 is 1.94 bits per heavy atom. The Morgan fingerprint density at radius 1 is 1.18 bits per heavy atom. The largest absolute Gasteiger partial charge is 0.473 e. The summed E-state index contributed by atoms with van der Waals surface area (Å²) in [7, 11) is -2.15. The molecule has 0 saturated carbocycles. The van der Waals surface area contributed by atoms with Crippen molar-refractivity contribution < 1.29 is 23.4 Å². The highest BCUT2D eigenvalue weighted by Gasteiger charge is 2.47.